The van der Waals surface area contributed by atoms with Crippen LogP contribution < -0.4 is 0 Å². The first kappa shape index (κ1) is 16.2. The number of aryl methyl sites for hydroxylation is 1. The molecule has 112 valence electrons. The number of rotatable bonds is 2. The number of nitrogens with zero attached hydrogens (tertiary/aromatic N) is 2. The SMILES string of the molecule is N#Cc1c(N=Cc2cc(I)c(O)c(I)c2)sc2c1CCCC2. The molecule has 1 aromatic heterocycles. The summed E-state index contributed by atoms with van der Waals surface area (Å²) in [6, 6.07) is 6.11. The average molecular weight is 534 g/mol. The highest BCUT2D eigenvalue weighted by molar-refractivity contribution is 14.1. The van der Waals surface area contributed by atoms with Gasteiger partial charge in [-0.05, 0) is 94.1 Å². The first-order valence-corrected chi connectivity index (χ1v) is 9.84. The van der Waals surface area contributed by atoms with E-state index in [1.54, 1.807) is 17.6 Å². The fourth-order valence-electron chi connectivity index (χ4n) is 2.55. The van der Waals surface area contributed by atoms with E-state index in [2.05, 4.69) is 56.2 Å². The summed E-state index contributed by atoms with van der Waals surface area (Å²) in [6.45, 7) is 0. The standard InChI is InChI=1S/C16H12I2N2OS/c17-12-5-9(6-13(18)15(12)21)8-20-16-11(7-19)10-3-1-2-4-14(10)22-16/h5-6,8,21H,1-4H2. The second-order valence-electron chi connectivity index (χ2n) is 5.09. The maximum absolute atomic E-state index is 9.81. The fraction of sp³-hybridized carbons (Fsp3) is 0.250. The summed E-state index contributed by atoms with van der Waals surface area (Å²) < 4.78 is 1.61. The zero-order valence-electron chi connectivity index (χ0n) is 11.6. The minimum atomic E-state index is 0.308. The number of nitriles is 1. The molecule has 0 amide bonds. The lowest BCUT2D eigenvalue weighted by Gasteiger charge is -2.09. The quantitative estimate of drug-likeness (QED) is 0.428. The van der Waals surface area contributed by atoms with Gasteiger partial charge in [0.05, 0.1) is 12.7 Å². The van der Waals surface area contributed by atoms with E-state index in [1.807, 2.05) is 12.1 Å². The summed E-state index contributed by atoms with van der Waals surface area (Å²) in [5.74, 6) is 0.308. The van der Waals surface area contributed by atoms with E-state index in [9.17, 15) is 10.4 Å². The molecule has 1 N–H and O–H groups in total. The van der Waals surface area contributed by atoms with Crippen molar-refractivity contribution in [2.75, 3.05) is 0 Å². The molecule has 0 atom stereocenters. The van der Waals surface area contributed by atoms with E-state index in [1.165, 1.54) is 16.9 Å². The molecule has 0 fully saturated rings. The Bertz CT molecular complexity index is 782. The van der Waals surface area contributed by atoms with Crippen molar-refractivity contribution < 1.29 is 5.11 Å². The first-order chi connectivity index (χ1) is 10.6. The summed E-state index contributed by atoms with van der Waals surface area (Å²) in [7, 11) is 0. The monoisotopic (exact) mass is 534 g/mol. The van der Waals surface area contributed by atoms with Crippen LogP contribution in [-0.4, -0.2) is 11.3 Å². The van der Waals surface area contributed by atoms with Gasteiger partial charge < -0.3 is 5.11 Å². The van der Waals surface area contributed by atoms with Gasteiger partial charge in [-0.25, -0.2) is 4.99 Å². The molecule has 0 bridgehead atoms. The highest BCUT2D eigenvalue weighted by atomic mass is 127. The maximum Gasteiger partial charge on any atom is 0.142 e. The van der Waals surface area contributed by atoms with Crippen LogP contribution in [0.5, 0.6) is 5.75 Å². The number of phenols is 1. The molecule has 1 heterocycles. The van der Waals surface area contributed by atoms with Crippen LogP contribution in [0.1, 0.15) is 34.4 Å². The summed E-state index contributed by atoms with van der Waals surface area (Å²) in [6.07, 6.45) is 6.21. The van der Waals surface area contributed by atoms with Crippen molar-refractivity contribution in [2.24, 2.45) is 4.99 Å². The third kappa shape index (κ3) is 3.16. The minimum absolute atomic E-state index is 0.308. The second-order valence-corrected chi connectivity index (χ2v) is 8.50. The highest BCUT2D eigenvalue weighted by Gasteiger charge is 2.20. The molecular formula is C16H12I2N2OS. The Labute approximate surface area is 160 Å². The number of phenolic OH excluding ortho intramolecular Hbond substituents is 1. The lowest BCUT2D eigenvalue weighted by molar-refractivity contribution is 0.467. The molecule has 6 heteroatoms. The third-order valence-electron chi connectivity index (χ3n) is 3.63. The number of thiophene rings is 1. The zero-order valence-corrected chi connectivity index (χ0v) is 16.7. The first-order valence-electron chi connectivity index (χ1n) is 6.87. The minimum Gasteiger partial charge on any atom is -0.506 e. The Hall–Kier alpha value is -0.660. The molecule has 0 radical (unpaired) electrons. The number of aromatic hydroxyl groups is 1. The van der Waals surface area contributed by atoms with Crippen LogP contribution >= 0.6 is 56.5 Å². The van der Waals surface area contributed by atoms with Gasteiger partial charge in [-0.1, -0.05) is 0 Å². The number of halogens is 2. The Morgan fingerprint density at radius 3 is 2.59 bits per heavy atom. The van der Waals surface area contributed by atoms with Crippen molar-refractivity contribution >= 4 is 67.7 Å². The lowest BCUT2D eigenvalue weighted by Crippen LogP contribution is -1.99. The van der Waals surface area contributed by atoms with Crippen molar-refractivity contribution in [1.29, 1.82) is 5.26 Å². The van der Waals surface area contributed by atoms with Crippen LogP contribution in [-0.2, 0) is 12.8 Å². The third-order valence-corrected chi connectivity index (χ3v) is 6.48. The molecule has 2 aromatic rings. The van der Waals surface area contributed by atoms with Crippen LogP contribution in [0.15, 0.2) is 17.1 Å². The number of benzene rings is 1. The van der Waals surface area contributed by atoms with E-state index in [0.29, 0.717) is 5.75 Å². The van der Waals surface area contributed by atoms with Gasteiger partial charge >= 0.3 is 0 Å². The molecule has 1 aliphatic rings. The molecule has 0 saturated carbocycles. The van der Waals surface area contributed by atoms with Crippen LogP contribution in [0.3, 0.4) is 0 Å². The van der Waals surface area contributed by atoms with E-state index < -0.39 is 0 Å². The number of fused-ring (bicyclic) bond motifs is 1. The average Bonchev–Trinajstić information content (AvgIpc) is 2.87. The van der Waals surface area contributed by atoms with Gasteiger partial charge in [-0.2, -0.15) is 5.26 Å². The molecule has 0 unspecified atom stereocenters. The summed E-state index contributed by atoms with van der Waals surface area (Å²) in [4.78, 5) is 5.87. The van der Waals surface area contributed by atoms with Gasteiger partial charge in [0, 0.05) is 11.1 Å². The van der Waals surface area contributed by atoms with E-state index in [0.717, 1.165) is 42.5 Å². The highest BCUT2D eigenvalue weighted by Crippen LogP contribution is 2.39. The van der Waals surface area contributed by atoms with Crippen LogP contribution in [0.2, 0.25) is 0 Å². The number of hydrogen-bond donors (Lipinski definition) is 1. The Balaban J connectivity index is 1.97. The zero-order chi connectivity index (χ0) is 15.7. The van der Waals surface area contributed by atoms with Gasteiger partial charge in [0.15, 0.2) is 0 Å². The molecule has 22 heavy (non-hydrogen) atoms. The van der Waals surface area contributed by atoms with Gasteiger partial charge in [-0.3, -0.25) is 0 Å². The van der Waals surface area contributed by atoms with Crippen molar-refractivity contribution in [3.8, 4) is 11.8 Å². The Morgan fingerprint density at radius 1 is 1.23 bits per heavy atom. The van der Waals surface area contributed by atoms with E-state index >= 15 is 0 Å². The molecule has 3 rings (SSSR count). The largest absolute Gasteiger partial charge is 0.506 e. The van der Waals surface area contributed by atoms with E-state index in [-0.39, 0.29) is 0 Å². The fourth-order valence-corrected chi connectivity index (χ4v) is 5.55. The molecule has 1 aliphatic carbocycles. The van der Waals surface area contributed by atoms with Gasteiger partial charge in [0.1, 0.15) is 16.8 Å². The molecule has 1 aromatic carbocycles. The second kappa shape index (κ2) is 6.84. The normalized spacial score (nSPS) is 14.0. The van der Waals surface area contributed by atoms with Crippen molar-refractivity contribution in [3.63, 3.8) is 0 Å². The molecule has 0 spiro atoms. The summed E-state index contributed by atoms with van der Waals surface area (Å²) in [5.41, 5.74) is 2.89. The predicted molar refractivity (Wildman–Crippen MR) is 106 cm³/mol. The topological polar surface area (TPSA) is 56.4 Å². The number of aliphatic imine (C=N–C) groups is 1. The molecule has 3 nitrogen and oxygen atoms in total. The Morgan fingerprint density at radius 2 is 1.91 bits per heavy atom. The van der Waals surface area contributed by atoms with Crippen LogP contribution in [0.4, 0.5) is 5.00 Å². The van der Waals surface area contributed by atoms with Crippen molar-refractivity contribution in [3.05, 3.63) is 40.8 Å². The van der Waals surface area contributed by atoms with Crippen molar-refractivity contribution in [1.82, 2.24) is 0 Å². The molecule has 0 saturated heterocycles. The predicted octanol–water partition coefficient (Wildman–Crippen LogP) is 5.16. The lowest BCUT2D eigenvalue weighted by atomic mass is 9.96. The van der Waals surface area contributed by atoms with Crippen molar-refractivity contribution in [2.45, 2.75) is 25.7 Å². The van der Waals surface area contributed by atoms with Gasteiger partial charge in [0.2, 0.25) is 0 Å². The number of hydrogen-bond acceptors (Lipinski definition) is 4. The van der Waals surface area contributed by atoms with Gasteiger partial charge in [-0.15, -0.1) is 11.3 Å². The summed E-state index contributed by atoms with van der Waals surface area (Å²) >= 11 is 5.86. The van der Waals surface area contributed by atoms with Crippen LogP contribution in [0, 0.1) is 18.5 Å². The molecular weight excluding hydrogens is 522 g/mol. The van der Waals surface area contributed by atoms with Gasteiger partial charge in [0.25, 0.3) is 0 Å². The summed E-state index contributed by atoms with van der Waals surface area (Å²) in [5, 5.41) is 20.1. The van der Waals surface area contributed by atoms with Crippen LogP contribution in [0.25, 0.3) is 0 Å². The van der Waals surface area contributed by atoms with E-state index in [4.69, 9.17) is 0 Å². The Kier molecular flexibility index (Phi) is 5.04. The maximum atomic E-state index is 9.81. The smallest absolute Gasteiger partial charge is 0.142 e. The molecule has 0 aliphatic heterocycles.